The third kappa shape index (κ3) is 2.98. The minimum atomic E-state index is -4.55. The van der Waals surface area contributed by atoms with Crippen LogP contribution >= 0.6 is 0 Å². The lowest BCUT2D eigenvalue weighted by atomic mass is 10.2. The fourth-order valence-electron chi connectivity index (χ4n) is 2.18. The van der Waals surface area contributed by atoms with Crippen molar-refractivity contribution in [3.05, 3.63) is 29.8 Å². The molecule has 0 aliphatic heterocycles. The zero-order valence-electron chi connectivity index (χ0n) is 11.2. The van der Waals surface area contributed by atoms with Crippen LogP contribution < -0.4 is 0 Å². The lowest BCUT2D eigenvalue weighted by molar-refractivity contribution is -0.137. The van der Waals surface area contributed by atoms with Gasteiger partial charge in [0, 0.05) is 12.1 Å². The summed E-state index contributed by atoms with van der Waals surface area (Å²) in [4.78, 5) is -0.298. The smallest absolute Gasteiger partial charge is 0.207 e. The predicted octanol–water partition coefficient (Wildman–Crippen LogP) is 3.27. The molecule has 1 aliphatic carbocycles. The van der Waals surface area contributed by atoms with E-state index in [0.29, 0.717) is 6.07 Å². The molecule has 0 unspecified atom stereocenters. The normalized spacial score (nSPS) is 16.9. The average Bonchev–Trinajstić information content (AvgIpc) is 3.11. The van der Waals surface area contributed by atoms with Gasteiger partial charge < -0.3 is 0 Å². The number of rotatable bonds is 4. The summed E-state index contributed by atoms with van der Waals surface area (Å²) in [6.45, 7) is 3.45. The molecule has 1 saturated carbocycles. The van der Waals surface area contributed by atoms with E-state index in [2.05, 4.69) is 0 Å². The summed E-state index contributed by atoms with van der Waals surface area (Å²) >= 11 is 0. The second-order valence-corrected chi connectivity index (χ2v) is 7.03. The molecule has 1 fully saturated rings. The van der Waals surface area contributed by atoms with E-state index < -0.39 is 21.8 Å². The van der Waals surface area contributed by atoms with Crippen molar-refractivity contribution >= 4 is 10.0 Å². The molecule has 7 heteroatoms. The van der Waals surface area contributed by atoms with Crippen molar-refractivity contribution in [2.24, 2.45) is 0 Å². The highest BCUT2D eigenvalue weighted by Crippen LogP contribution is 2.35. The molecule has 1 aromatic carbocycles. The Morgan fingerprint density at radius 1 is 1.25 bits per heavy atom. The number of alkyl halides is 3. The van der Waals surface area contributed by atoms with Crippen molar-refractivity contribution in [2.45, 2.75) is 49.8 Å². The van der Waals surface area contributed by atoms with Gasteiger partial charge in [-0.2, -0.15) is 17.5 Å². The molecule has 0 bridgehead atoms. The molecule has 1 aromatic rings. The van der Waals surface area contributed by atoms with E-state index in [-0.39, 0.29) is 17.0 Å². The summed E-state index contributed by atoms with van der Waals surface area (Å²) in [5, 5.41) is 0. The minimum absolute atomic E-state index is 0.0884. The van der Waals surface area contributed by atoms with Crippen LogP contribution in [0.2, 0.25) is 0 Å². The summed E-state index contributed by atoms with van der Waals surface area (Å²) in [6, 6.07) is 3.54. The maximum atomic E-state index is 12.7. The Bertz CT molecular complexity index is 590. The molecule has 1 aliphatic rings. The van der Waals surface area contributed by atoms with E-state index in [4.69, 9.17) is 0 Å². The van der Waals surface area contributed by atoms with Crippen molar-refractivity contribution in [2.75, 3.05) is 0 Å². The second kappa shape index (κ2) is 5.04. The van der Waals surface area contributed by atoms with Crippen LogP contribution in [0.4, 0.5) is 13.2 Å². The van der Waals surface area contributed by atoms with Crippen LogP contribution in [0.15, 0.2) is 29.2 Å². The SMILES string of the molecule is CC(C)N(C1CC1)S(=O)(=O)c1cccc(C(F)(F)F)c1. The largest absolute Gasteiger partial charge is 0.416 e. The van der Waals surface area contributed by atoms with E-state index in [9.17, 15) is 21.6 Å². The van der Waals surface area contributed by atoms with E-state index >= 15 is 0 Å². The van der Waals surface area contributed by atoms with E-state index in [0.717, 1.165) is 25.0 Å². The highest BCUT2D eigenvalue weighted by Gasteiger charge is 2.40. The van der Waals surface area contributed by atoms with Crippen molar-refractivity contribution in [3.63, 3.8) is 0 Å². The zero-order valence-corrected chi connectivity index (χ0v) is 12.0. The predicted molar refractivity (Wildman–Crippen MR) is 68.6 cm³/mol. The molecule has 3 nitrogen and oxygen atoms in total. The first kappa shape index (κ1) is 15.3. The molecule has 0 heterocycles. The van der Waals surface area contributed by atoms with Crippen LogP contribution in [0, 0.1) is 0 Å². The topological polar surface area (TPSA) is 37.4 Å². The number of hydrogen-bond acceptors (Lipinski definition) is 2. The van der Waals surface area contributed by atoms with Crippen molar-refractivity contribution < 1.29 is 21.6 Å². The number of nitrogens with zero attached hydrogens (tertiary/aromatic N) is 1. The molecular formula is C13H16F3NO2S. The number of benzene rings is 1. The van der Waals surface area contributed by atoms with Gasteiger partial charge in [0.1, 0.15) is 0 Å². The van der Waals surface area contributed by atoms with Gasteiger partial charge in [0.25, 0.3) is 0 Å². The van der Waals surface area contributed by atoms with E-state index in [1.165, 1.54) is 10.4 Å². The van der Waals surface area contributed by atoms with Crippen molar-refractivity contribution in [1.82, 2.24) is 4.31 Å². The van der Waals surface area contributed by atoms with Gasteiger partial charge in [0.2, 0.25) is 10.0 Å². The van der Waals surface area contributed by atoms with Gasteiger partial charge in [-0.25, -0.2) is 8.42 Å². The highest BCUT2D eigenvalue weighted by molar-refractivity contribution is 7.89. The zero-order chi connectivity index (χ0) is 15.1. The molecule has 0 radical (unpaired) electrons. The van der Waals surface area contributed by atoms with Crippen LogP contribution in [-0.2, 0) is 16.2 Å². The van der Waals surface area contributed by atoms with Gasteiger partial charge in [-0.15, -0.1) is 0 Å². The molecule has 0 amide bonds. The first-order valence-electron chi connectivity index (χ1n) is 6.35. The van der Waals surface area contributed by atoms with Gasteiger partial charge in [0.15, 0.2) is 0 Å². The lowest BCUT2D eigenvalue weighted by Gasteiger charge is -2.26. The Morgan fingerprint density at radius 3 is 2.30 bits per heavy atom. The summed E-state index contributed by atoms with van der Waals surface area (Å²) in [7, 11) is -3.89. The monoisotopic (exact) mass is 307 g/mol. The van der Waals surface area contributed by atoms with Gasteiger partial charge in [-0.1, -0.05) is 6.07 Å². The Hall–Kier alpha value is -1.08. The summed E-state index contributed by atoms with van der Waals surface area (Å²) in [6.07, 6.45) is -3.03. The first-order valence-corrected chi connectivity index (χ1v) is 7.79. The molecule has 0 atom stereocenters. The number of hydrogen-bond donors (Lipinski definition) is 0. The van der Waals surface area contributed by atoms with Crippen LogP contribution in [0.3, 0.4) is 0 Å². The summed E-state index contributed by atoms with van der Waals surface area (Å²) < 4.78 is 64.3. The molecule has 0 saturated heterocycles. The lowest BCUT2D eigenvalue weighted by Crippen LogP contribution is -2.38. The average molecular weight is 307 g/mol. The Kier molecular flexibility index (Phi) is 3.85. The quantitative estimate of drug-likeness (QED) is 0.856. The standard InChI is InChI=1S/C13H16F3NO2S/c1-9(2)17(11-6-7-11)20(18,19)12-5-3-4-10(8-12)13(14,15)16/h3-5,8-9,11H,6-7H2,1-2H3. The van der Waals surface area contributed by atoms with Gasteiger partial charge in [-0.3, -0.25) is 0 Å². The number of halogens is 3. The van der Waals surface area contributed by atoms with Crippen molar-refractivity contribution in [3.8, 4) is 0 Å². The van der Waals surface area contributed by atoms with Gasteiger partial charge in [-0.05, 0) is 44.9 Å². The Balaban J connectivity index is 2.43. The Labute approximate surface area is 116 Å². The molecule has 112 valence electrons. The van der Waals surface area contributed by atoms with Crippen LogP contribution in [-0.4, -0.2) is 24.8 Å². The highest BCUT2D eigenvalue weighted by atomic mass is 32.2. The van der Waals surface area contributed by atoms with E-state index in [1.807, 2.05) is 0 Å². The maximum Gasteiger partial charge on any atom is 0.416 e. The molecule has 0 N–H and O–H groups in total. The minimum Gasteiger partial charge on any atom is -0.207 e. The second-order valence-electron chi connectivity index (χ2n) is 5.19. The molecule has 2 rings (SSSR count). The molecule has 0 spiro atoms. The molecule has 20 heavy (non-hydrogen) atoms. The van der Waals surface area contributed by atoms with E-state index in [1.54, 1.807) is 13.8 Å². The number of sulfonamides is 1. The summed E-state index contributed by atoms with van der Waals surface area (Å²) in [5.74, 6) is 0. The fourth-order valence-corrected chi connectivity index (χ4v) is 4.11. The third-order valence-electron chi connectivity index (χ3n) is 3.15. The van der Waals surface area contributed by atoms with Crippen LogP contribution in [0.25, 0.3) is 0 Å². The third-order valence-corrected chi connectivity index (χ3v) is 5.28. The maximum absolute atomic E-state index is 12.7. The van der Waals surface area contributed by atoms with Crippen molar-refractivity contribution in [1.29, 1.82) is 0 Å². The molecule has 0 aromatic heterocycles. The van der Waals surface area contributed by atoms with Crippen LogP contribution in [0.5, 0.6) is 0 Å². The first-order chi connectivity index (χ1) is 9.14. The Morgan fingerprint density at radius 2 is 1.85 bits per heavy atom. The fraction of sp³-hybridized carbons (Fsp3) is 0.538. The van der Waals surface area contributed by atoms with Gasteiger partial charge >= 0.3 is 6.18 Å². The summed E-state index contributed by atoms with van der Waals surface area (Å²) in [5.41, 5.74) is -0.946. The molecular weight excluding hydrogens is 291 g/mol. The van der Waals surface area contributed by atoms with Crippen LogP contribution in [0.1, 0.15) is 32.3 Å². The van der Waals surface area contributed by atoms with Gasteiger partial charge in [0.05, 0.1) is 10.5 Å².